The first-order valence-electron chi connectivity index (χ1n) is 10.8. The summed E-state index contributed by atoms with van der Waals surface area (Å²) in [6, 6.07) is 0. The van der Waals surface area contributed by atoms with Crippen LogP contribution >= 0.6 is 11.8 Å². The number of hydrogen-bond donors (Lipinski definition) is 1. The largest absolute Gasteiger partial charge is 0.469 e. The highest BCUT2D eigenvalue weighted by Crippen LogP contribution is 2.13. The van der Waals surface area contributed by atoms with Gasteiger partial charge in [0.2, 0.25) is 5.91 Å². The normalized spacial score (nSPS) is 10.9. The number of amides is 1. The third kappa shape index (κ3) is 19.5. The van der Waals surface area contributed by atoms with Gasteiger partial charge in [-0.25, -0.2) is 0 Å². The molecule has 0 aromatic carbocycles. The average molecular weight is 414 g/mol. The molecule has 0 aliphatic heterocycles. The average Bonchev–Trinajstić information content (AvgIpc) is 2.69. The summed E-state index contributed by atoms with van der Waals surface area (Å²) < 4.78 is 4.60. The Morgan fingerprint density at radius 3 is 2.04 bits per heavy atom. The SMILES string of the molecule is CCCCCCCCNC(=O)/C=C\SC(=O)CCCCCCCCC(=O)OC. The summed E-state index contributed by atoms with van der Waals surface area (Å²) in [5.41, 5.74) is 0. The minimum absolute atomic E-state index is 0.102. The molecule has 0 heterocycles. The van der Waals surface area contributed by atoms with E-state index >= 15 is 0 Å². The fourth-order valence-electron chi connectivity index (χ4n) is 2.75. The van der Waals surface area contributed by atoms with Crippen molar-refractivity contribution in [2.45, 2.75) is 96.8 Å². The molecule has 0 spiro atoms. The van der Waals surface area contributed by atoms with Crippen LogP contribution in [0.4, 0.5) is 0 Å². The van der Waals surface area contributed by atoms with E-state index in [1.807, 2.05) is 0 Å². The van der Waals surface area contributed by atoms with E-state index in [2.05, 4.69) is 17.0 Å². The van der Waals surface area contributed by atoms with Crippen LogP contribution in [0.3, 0.4) is 0 Å². The van der Waals surface area contributed by atoms with Gasteiger partial charge in [0.05, 0.1) is 7.11 Å². The number of ether oxygens (including phenoxy) is 1. The van der Waals surface area contributed by atoms with Crippen LogP contribution in [-0.2, 0) is 19.1 Å². The van der Waals surface area contributed by atoms with E-state index in [1.165, 1.54) is 38.9 Å². The van der Waals surface area contributed by atoms with E-state index in [1.54, 1.807) is 5.41 Å². The van der Waals surface area contributed by atoms with Gasteiger partial charge in [0, 0.05) is 25.5 Å². The van der Waals surface area contributed by atoms with Crippen molar-refractivity contribution in [3.63, 3.8) is 0 Å². The molecule has 0 saturated heterocycles. The lowest BCUT2D eigenvalue weighted by Crippen LogP contribution is -2.21. The van der Waals surface area contributed by atoms with Crippen molar-refractivity contribution in [2.24, 2.45) is 0 Å². The standard InChI is InChI=1S/C22H39NO4S/c1-3-4-5-6-11-14-18-23-20(24)17-19-28-22(26)16-13-10-8-7-9-12-15-21(25)27-2/h17,19H,3-16,18H2,1-2H3,(H,23,24)/b19-17-. The van der Waals surface area contributed by atoms with Gasteiger partial charge in [0.25, 0.3) is 0 Å². The first-order valence-corrected chi connectivity index (χ1v) is 11.7. The first kappa shape index (κ1) is 26.7. The molecule has 0 atom stereocenters. The maximum Gasteiger partial charge on any atom is 0.305 e. The molecule has 0 rings (SSSR count). The second-order valence-corrected chi connectivity index (χ2v) is 8.01. The van der Waals surface area contributed by atoms with Crippen LogP contribution in [0, 0.1) is 0 Å². The van der Waals surface area contributed by atoms with Crippen LogP contribution < -0.4 is 5.32 Å². The monoisotopic (exact) mass is 413 g/mol. The molecule has 0 aliphatic carbocycles. The van der Waals surface area contributed by atoms with Gasteiger partial charge in [-0.15, -0.1) is 0 Å². The highest BCUT2D eigenvalue weighted by molar-refractivity contribution is 8.16. The smallest absolute Gasteiger partial charge is 0.305 e. The Morgan fingerprint density at radius 1 is 0.821 bits per heavy atom. The molecule has 0 aromatic heterocycles. The summed E-state index contributed by atoms with van der Waals surface area (Å²) in [6.07, 6.45) is 15.6. The maximum atomic E-state index is 11.8. The van der Waals surface area contributed by atoms with E-state index in [4.69, 9.17) is 0 Å². The van der Waals surface area contributed by atoms with Crippen LogP contribution in [0.15, 0.2) is 11.5 Å². The lowest BCUT2D eigenvalue weighted by Gasteiger charge is -2.02. The topological polar surface area (TPSA) is 72.5 Å². The molecule has 1 N–H and O–H groups in total. The second kappa shape index (κ2) is 20.4. The summed E-state index contributed by atoms with van der Waals surface area (Å²) >= 11 is 1.10. The van der Waals surface area contributed by atoms with Gasteiger partial charge in [-0.2, -0.15) is 0 Å². The van der Waals surface area contributed by atoms with E-state index < -0.39 is 0 Å². The number of rotatable bonds is 18. The highest BCUT2D eigenvalue weighted by Gasteiger charge is 2.02. The van der Waals surface area contributed by atoms with Gasteiger partial charge in [0.1, 0.15) is 0 Å². The first-order chi connectivity index (χ1) is 13.6. The number of thioether (sulfide) groups is 1. The zero-order valence-corrected chi connectivity index (χ0v) is 18.6. The third-order valence-corrected chi connectivity index (χ3v) is 5.23. The van der Waals surface area contributed by atoms with Gasteiger partial charge in [0.15, 0.2) is 5.12 Å². The van der Waals surface area contributed by atoms with Crippen molar-refractivity contribution in [1.82, 2.24) is 5.32 Å². The minimum Gasteiger partial charge on any atom is -0.469 e. The van der Waals surface area contributed by atoms with Crippen molar-refractivity contribution in [3.8, 4) is 0 Å². The van der Waals surface area contributed by atoms with Crippen LogP contribution in [0.25, 0.3) is 0 Å². The Kier molecular flexibility index (Phi) is 19.5. The lowest BCUT2D eigenvalue weighted by atomic mass is 10.1. The molecule has 0 unspecified atom stereocenters. The molecule has 28 heavy (non-hydrogen) atoms. The number of methoxy groups -OCH3 is 1. The Balaban J connectivity index is 3.47. The quantitative estimate of drug-likeness (QED) is 0.182. The van der Waals surface area contributed by atoms with Crippen molar-refractivity contribution in [2.75, 3.05) is 13.7 Å². The van der Waals surface area contributed by atoms with Gasteiger partial charge in [-0.05, 0) is 24.7 Å². The zero-order valence-electron chi connectivity index (χ0n) is 17.8. The molecule has 5 nitrogen and oxygen atoms in total. The van der Waals surface area contributed by atoms with Crippen LogP contribution in [0.5, 0.6) is 0 Å². The lowest BCUT2D eigenvalue weighted by molar-refractivity contribution is -0.140. The number of carbonyl (C=O) groups is 3. The second-order valence-electron chi connectivity index (χ2n) is 7.05. The molecule has 0 radical (unpaired) electrons. The van der Waals surface area contributed by atoms with Crippen molar-refractivity contribution in [3.05, 3.63) is 11.5 Å². The third-order valence-electron chi connectivity index (χ3n) is 4.49. The molecule has 0 saturated carbocycles. The molecular formula is C22H39NO4S. The predicted octanol–water partition coefficient (Wildman–Crippen LogP) is 5.53. The van der Waals surface area contributed by atoms with E-state index in [9.17, 15) is 14.4 Å². The fourth-order valence-corrected chi connectivity index (χ4v) is 3.36. The van der Waals surface area contributed by atoms with Crippen LogP contribution in [0.2, 0.25) is 0 Å². The van der Waals surface area contributed by atoms with Crippen molar-refractivity contribution < 1.29 is 19.1 Å². The minimum atomic E-state index is -0.147. The zero-order chi connectivity index (χ0) is 20.9. The van der Waals surface area contributed by atoms with Gasteiger partial charge in [-0.3, -0.25) is 14.4 Å². The Hall–Kier alpha value is -1.30. The Bertz CT molecular complexity index is 452. The molecule has 0 aromatic rings. The summed E-state index contributed by atoms with van der Waals surface area (Å²) in [7, 11) is 1.41. The molecular weight excluding hydrogens is 374 g/mol. The summed E-state index contributed by atoms with van der Waals surface area (Å²) in [6.45, 7) is 2.90. The Labute approximate surface area is 175 Å². The summed E-state index contributed by atoms with van der Waals surface area (Å²) in [5, 5.41) is 4.55. The highest BCUT2D eigenvalue weighted by atomic mass is 32.2. The van der Waals surface area contributed by atoms with E-state index in [0.717, 1.165) is 63.1 Å². The number of carbonyl (C=O) groups excluding carboxylic acids is 3. The van der Waals surface area contributed by atoms with E-state index in [-0.39, 0.29) is 17.0 Å². The molecule has 0 bridgehead atoms. The molecule has 6 heteroatoms. The molecule has 162 valence electrons. The van der Waals surface area contributed by atoms with Gasteiger partial charge >= 0.3 is 5.97 Å². The summed E-state index contributed by atoms with van der Waals surface area (Å²) in [4.78, 5) is 34.4. The molecule has 0 fully saturated rings. The van der Waals surface area contributed by atoms with Gasteiger partial charge in [-0.1, -0.05) is 76.5 Å². The Morgan fingerprint density at radius 2 is 1.39 bits per heavy atom. The van der Waals surface area contributed by atoms with Gasteiger partial charge < -0.3 is 10.1 Å². The van der Waals surface area contributed by atoms with Crippen molar-refractivity contribution in [1.29, 1.82) is 0 Å². The molecule has 0 aliphatic rings. The number of esters is 1. The fraction of sp³-hybridized carbons (Fsp3) is 0.773. The van der Waals surface area contributed by atoms with Crippen molar-refractivity contribution >= 4 is 28.8 Å². The van der Waals surface area contributed by atoms with E-state index in [0.29, 0.717) is 19.4 Å². The maximum absolute atomic E-state index is 11.8. The molecule has 1 amide bonds. The number of unbranched alkanes of at least 4 members (excludes halogenated alkanes) is 10. The predicted molar refractivity (Wildman–Crippen MR) is 117 cm³/mol. The van der Waals surface area contributed by atoms with Crippen LogP contribution in [-0.4, -0.2) is 30.6 Å². The summed E-state index contributed by atoms with van der Waals surface area (Å²) in [5.74, 6) is -0.271. The van der Waals surface area contributed by atoms with Crippen LogP contribution in [0.1, 0.15) is 96.8 Å². The number of hydrogen-bond acceptors (Lipinski definition) is 5. The number of nitrogens with one attached hydrogen (secondary N) is 1.